The van der Waals surface area contributed by atoms with Crippen LogP contribution in [0.4, 0.5) is 0 Å². The Morgan fingerprint density at radius 3 is 1.91 bits per heavy atom. The van der Waals surface area contributed by atoms with Gasteiger partial charge in [0.05, 0.1) is 40.1 Å². The number of aliphatic hydroxyl groups is 1. The SMILES string of the molecule is CCCCCCCCCCCCCC/C=C/O[C@H](COC(=O)CCC/C=C\C/C=C\C/C=C\C=C\[C@H](O)CCCCC)COP(=O)(O)OCC[N+](C)(C)C. The van der Waals surface area contributed by atoms with Crippen molar-refractivity contribution in [2.75, 3.05) is 47.5 Å². The van der Waals surface area contributed by atoms with E-state index in [9.17, 15) is 19.4 Å². The topological polar surface area (TPSA) is 112 Å². The molecule has 0 aliphatic heterocycles. The average Bonchev–Trinajstić information content (AvgIpc) is 3.12. The molecule has 0 saturated heterocycles. The fraction of sp³-hybridized carbons (Fsp3) is 0.750. The van der Waals surface area contributed by atoms with Gasteiger partial charge in [-0.25, -0.2) is 4.57 Å². The third-order valence-corrected chi connectivity index (χ3v) is 9.76. The van der Waals surface area contributed by atoms with Crippen molar-refractivity contribution in [3.8, 4) is 0 Å². The number of allylic oxidation sites excluding steroid dienone is 8. The van der Waals surface area contributed by atoms with Crippen molar-refractivity contribution in [3.63, 3.8) is 0 Å². The van der Waals surface area contributed by atoms with Crippen LogP contribution in [-0.2, 0) is 27.9 Å². The summed E-state index contributed by atoms with van der Waals surface area (Å²) in [5.41, 5.74) is 0. The fourth-order valence-electron chi connectivity index (χ4n) is 5.34. The molecule has 0 spiro atoms. The highest BCUT2D eigenvalue weighted by Crippen LogP contribution is 2.43. The molecule has 0 fully saturated rings. The molecule has 0 aromatic rings. The van der Waals surface area contributed by atoms with E-state index < -0.39 is 13.9 Å². The van der Waals surface area contributed by atoms with Crippen LogP contribution in [0.1, 0.15) is 155 Å². The third-order valence-electron chi connectivity index (χ3n) is 8.78. The number of rotatable bonds is 38. The maximum atomic E-state index is 12.4. The van der Waals surface area contributed by atoms with Gasteiger partial charge >= 0.3 is 13.8 Å². The van der Waals surface area contributed by atoms with Crippen molar-refractivity contribution in [1.82, 2.24) is 0 Å². The molecule has 0 aromatic carbocycles. The van der Waals surface area contributed by atoms with Gasteiger partial charge in [0.2, 0.25) is 0 Å². The molecular weight excluding hydrogens is 701 g/mol. The van der Waals surface area contributed by atoms with E-state index >= 15 is 0 Å². The van der Waals surface area contributed by atoms with E-state index in [1.807, 2.05) is 45.4 Å². The minimum Gasteiger partial charge on any atom is -0.492 e. The number of carbonyl (C=O) groups is 1. The van der Waals surface area contributed by atoms with E-state index in [1.54, 1.807) is 6.26 Å². The number of ether oxygens (including phenoxy) is 2. The normalized spacial score (nSPS) is 14.9. The Morgan fingerprint density at radius 1 is 0.685 bits per heavy atom. The molecule has 9 nitrogen and oxygen atoms in total. The molecule has 10 heteroatoms. The van der Waals surface area contributed by atoms with E-state index in [0.29, 0.717) is 17.4 Å². The Bertz CT molecular complexity index is 1070. The van der Waals surface area contributed by atoms with Crippen LogP contribution in [0.3, 0.4) is 0 Å². The fourth-order valence-corrected chi connectivity index (χ4v) is 6.09. The Labute approximate surface area is 331 Å². The van der Waals surface area contributed by atoms with E-state index in [1.165, 1.54) is 70.6 Å². The lowest BCUT2D eigenvalue weighted by molar-refractivity contribution is -0.870. The predicted octanol–water partition coefficient (Wildman–Crippen LogP) is 11.5. The summed E-state index contributed by atoms with van der Waals surface area (Å²) in [7, 11) is 1.61. The van der Waals surface area contributed by atoms with Crippen LogP contribution in [0.25, 0.3) is 0 Å². The summed E-state index contributed by atoms with van der Waals surface area (Å²) in [5.74, 6) is -0.349. The smallest absolute Gasteiger partial charge is 0.472 e. The van der Waals surface area contributed by atoms with Gasteiger partial charge in [-0.05, 0) is 51.0 Å². The van der Waals surface area contributed by atoms with Gasteiger partial charge in [-0.15, -0.1) is 0 Å². The van der Waals surface area contributed by atoms with E-state index in [4.69, 9.17) is 18.5 Å². The highest BCUT2D eigenvalue weighted by atomic mass is 31.2. The second-order valence-electron chi connectivity index (χ2n) is 15.3. The first-order valence-electron chi connectivity index (χ1n) is 21.2. The molecule has 0 heterocycles. The molecule has 0 saturated carbocycles. The number of aliphatic hydroxyl groups excluding tert-OH is 1. The van der Waals surface area contributed by atoms with Crippen molar-refractivity contribution >= 4 is 13.8 Å². The zero-order chi connectivity index (χ0) is 40.0. The summed E-state index contributed by atoms with van der Waals surface area (Å²) in [6.45, 7) is 4.69. The zero-order valence-electron chi connectivity index (χ0n) is 35.1. The molecule has 0 aliphatic rings. The van der Waals surface area contributed by atoms with Crippen LogP contribution in [0.15, 0.2) is 60.9 Å². The van der Waals surface area contributed by atoms with Crippen molar-refractivity contribution in [1.29, 1.82) is 0 Å². The lowest BCUT2D eigenvalue weighted by Crippen LogP contribution is -2.37. The lowest BCUT2D eigenvalue weighted by atomic mass is 10.0. The standard InChI is InChI=1S/C44H80NO8P/c1-6-8-10-11-12-13-14-15-16-20-23-26-29-33-38-50-43(41-53-54(48,49)52-39-37-45(3,4)5)40-51-44(47)36-32-28-25-22-19-17-18-21-24-27-31-35-42(46)34-30-9-7-2/h17-18,22,24-25,27,31,33,35,38,42-43,46H,6-16,19-21,23,26,28-30,32,34,36-37,39-41H2,1-5H3/p+1/b18-17-,25-22-,27-24-,35-31+,38-33+/t42-,43-/m1/s1. The highest BCUT2D eigenvalue weighted by molar-refractivity contribution is 7.47. The third kappa shape index (κ3) is 39.7. The number of nitrogens with zero attached hydrogens (tertiary/aromatic N) is 1. The summed E-state index contributed by atoms with van der Waals surface area (Å²) in [6, 6.07) is 0. The van der Waals surface area contributed by atoms with Crippen LogP contribution >= 0.6 is 7.82 Å². The van der Waals surface area contributed by atoms with Gasteiger partial charge in [-0.1, -0.05) is 152 Å². The van der Waals surface area contributed by atoms with Gasteiger partial charge in [0.15, 0.2) is 6.10 Å². The molecule has 2 N–H and O–H groups in total. The molecule has 0 rings (SSSR count). The molecule has 1 unspecified atom stereocenters. The molecule has 0 amide bonds. The van der Waals surface area contributed by atoms with Crippen LogP contribution in [0, 0.1) is 0 Å². The van der Waals surface area contributed by atoms with E-state index in [2.05, 4.69) is 44.2 Å². The minimum atomic E-state index is -4.29. The number of likely N-dealkylation sites (N-methyl/N-ethyl adjacent to an activating group) is 1. The van der Waals surface area contributed by atoms with Gasteiger partial charge in [0.1, 0.15) is 19.8 Å². The molecule has 0 aliphatic carbocycles. The Hall–Kier alpha value is -2.00. The van der Waals surface area contributed by atoms with Gasteiger partial charge < -0.3 is 24.0 Å². The number of unbranched alkanes of at least 4 members (excludes halogenated alkanes) is 15. The Morgan fingerprint density at radius 2 is 1.26 bits per heavy atom. The lowest BCUT2D eigenvalue weighted by Gasteiger charge is -2.24. The van der Waals surface area contributed by atoms with Crippen molar-refractivity contribution in [2.45, 2.75) is 167 Å². The number of esters is 1. The van der Waals surface area contributed by atoms with Crippen molar-refractivity contribution in [3.05, 3.63) is 60.9 Å². The van der Waals surface area contributed by atoms with Gasteiger partial charge in [0, 0.05) is 6.42 Å². The zero-order valence-corrected chi connectivity index (χ0v) is 35.9. The monoisotopic (exact) mass is 783 g/mol. The van der Waals surface area contributed by atoms with Crippen LogP contribution in [0.5, 0.6) is 0 Å². The van der Waals surface area contributed by atoms with Gasteiger partial charge in [-0.3, -0.25) is 13.8 Å². The summed E-state index contributed by atoms with van der Waals surface area (Å²) in [6.07, 6.45) is 42.6. The summed E-state index contributed by atoms with van der Waals surface area (Å²) < 4.78 is 34.6. The van der Waals surface area contributed by atoms with Crippen molar-refractivity contribution < 1.29 is 42.4 Å². The summed E-state index contributed by atoms with van der Waals surface area (Å²) in [5, 5.41) is 9.90. The molecule has 0 bridgehead atoms. The van der Waals surface area contributed by atoms with Crippen LogP contribution in [0.2, 0.25) is 0 Å². The second-order valence-corrected chi connectivity index (χ2v) is 16.7. The Kier molecular flexibility index (Phi) is 35.3. The van der Waals surface area contributed by atoms with Crippen molar-refractivity contribution in [2.24, 2.45) is 0 Å². The maximum absolute atomic E-state index is 12.4. The summed E-state index contributed by atoms with van der Waals surface area (Å²) >= 11 is 0. The van der Waals surface area contributed by atoms with Crippen LogP contribution in [-0.4, -0.2) is 80.2 Å². The van der Waals surface area contributed by atoms with E-state index in [-0.39, 0.29) is 38.3 Å². The number of phosphoric ester groups is 1. The average molecular weight is 783 g/mol. The number of hydrogen-bond acceptors (Lipinski definition) is 7. The molecular formula is C44H81NO8P+. The van der Waals surface area contributed by atoms with Gasteiger partial charge in [0.25, 0.3) is 0 Å². The number of quaternary nitrogens is 1. The molecule has 54 heavy (non-hydrogen) atoms. The van der Waals surface area contributed by atoms with E-state index in [0.717, 1.165) is 57.8 Å². The molecule has 314 valence electrons. The number of carbonyl (C=O) groups excluding carboxylic acids is 1. The maximum Gasteiger partial charge on any atom is 0.472 e. The molecule has 0 radical (unpaired) electrons. The first-order valence-corrected chi connectivity index (χ1v) is 22.7. The molecule has 0 aromatic heterocycles. The summed E-state index contributed by atoms with van der Waals surface area (Å²) in [4.78, 5) is 22.6. The Balaban J connectivity index is 4.45. The first kappa shape index (κ1) is 52.0. The predicted molar refractivity (Wildman–Crippen MR) is 225 cm³/mol. The first-order chi connectivity index (χ1) is 26.0. The second kappa shape index (κ2) is 36.6. The molecule has 3 atom stereocenters. The number of hydrogen-bond donors (Lipinski definition) is 2. The van der Waals surface area contributed by atoms with Crippen LogP contribution < -0.4 is 0 Å². The quantitative estimate of drug-likeness (QED) is 0.0121. The highest BCUT2D eigenvalue weighted by Gasteiger charge is 2.25. The minimum absolute atomic E-state index is 0.0719. The van der Waals surface area contributed by atoms with Gasteiger partial charge in [-0.2, -0.15) is 0 Å². The largest absolute Gasteiger partial charge is 0.492 e. The number of phosphoric acid groups is 1.